The van der Waals surface area contributed by atoms with Crippen molar-refractivity contribution < 1.29 is 9.59 Å². The van der Waals surface area contributed by atoms with Crippen LogP contribution < -0.4 is 10.6 Å². The van der Waals surface area contributed by atoms with E-state index in [2.05, 4.69) is 23.6 Å². The number of nitriles is 1. The van der Waals surface area contributed by atoms with Gasteiger partial charge in [0.1, 0.15) is 0 Å². The molecule has 2 amide bonds. The van der Waals surface area contributed by atoms with E-state index in [0.29, 0.717) is 10.6 Å². The highest BCUT2D eigenvalue weighted by molar-refractivity contribution is 8.03. The maximum absolute atomic E-state index is 12.3. The number of nitrogens with zero attached hydrogens (tertiary/aromatic N) is 1. The molecule has 6 heteroatoms. The number of rotatable bonds is 6. The van der Waals surface area contributed by atoms with Crippen LogP contribution in [0.1, 0.15) is 36.0 Å². The normalized spacial score (nSPS) is 16.2. The van der Waals surface area contributed by atoms with E-state index in [1.54, 1.807) is 0 Å². The highest BCUT2D eigenvalue weighted by Crippen LogP contribution is 2.36. The predicted octanol–water partition coefficient (Wildman–Crippen LogP) is 4.27. The first-order chi connectivity index (χ1) is 14.0. The summed E-state index contributed by atoms with van der Waals surface area (Å²) in [5, 5.41) is 15.8. The average Bonchev–Trinajstić information content (AvgIpc) is 2.73. The van der Waals surface area contributed by atoms with Crippen LogP contribution in [0.15, 0.2) is 59.1 Å². The van der Waals surface area contributed by atoms with Crippen LogP contribution in [-0.4, -0.2) is 17.6 Å². The first-order valence-electron chi connectivity index (χ1n) is 9.52. The van der Waals surface area contributed by atoms with Gasteiger partial charge >= 0.3 is 0 Å². The molecule has 0 spiro atoms. The SMILES string of the molecule is CCc1ccc(NC(=O)CSC2=C(C#N)[C@H](c3ccc(C)cc3)CC(=O)N2)cc1. The smallest absolute Gasteiger partial charge is 0.234 e. The number of allylic oxidation sites excluding steroid dienone is 1. The van der Waals surface area contributed by atoms with Gasteiger partial charge in [-0.05, 0) is 36.6 Å². The lowest BCUT2D eigenvalue weighted by Crippen LogP contribution is -2.31. The highest BCUT2D eigenvalue weighted by atomic mass is 32.2. The van der Waals surface area contributed by atoms with Crippen molar-refractivity contribution in [1.82, 2.24) is 5.32 Å². The van der Waals surface area contributed by atoms with Crippen molar-refractivity contribution in [2.24, 2.45) is 0 Å². The molecule has 148 valence electrons. The van der Waals surface area contributed by atoms with Gasteiger partial charge in [0.2, 0.25) is 11.8 Å². The van der Waals surface area contributed by atoms with Gasteiger partial charge in [-0.2, -0.15) is 5.26 Å². The van der Waals surface area contributed by atoms with Crippen LogP contribution in [0.2, 0.25) is 0 Å². The summed E-state index contributed by atoms with van der Waals surface area (Å²) in [4.78, 5) is 24.5. The molecule has 0 aromatic heterocycles. The molecule has 2 aromatic carbocycles. The van der Waals surface area contributed by atoms with Crippen molar-refractivity contribution in [3.05, 3.63) is 75.8 Å². The van der Waals surface area contributed by atoms with Gasteiger partial charge < -0.3 is 10.6 Å². The summed E-state index contributed by atoms with van der Waals surface area (Å²) in [6, 6.07) is 17.8. The van der Waals surface area contributed by atoms with E-state index in [9.17, 15) is 14.9 Å². The minimum atomic E-state index is -0.290. The van der Waals surface area contributed by atoms with Gasteiger partial charge in [-0.15, -0.1) is 0 Å². The lowest BCUT2D eigenvalue weighted by molar-refractivity contribution is -0.121. The zero-order valence-corrected chi connectivity index (χ0v) is 17.3. The molecule has 2 N–H and O–H groups in total. The fraction of sp³-hybridized carbons (Fsp3) is 0.261. The molecule has 3 rings (SSSR count). The molecule has 1 heterocycles. The summed E-state index contributed by atoms with van der Waals surface area (Å²) in [5.74, 6) is -0.512. The number of hydrogen-bond acceptors (Lipinski definition) is 4. The molecule has 0 radical (unpaired) electrons. The van der Waals surface area contributed by atoms with Gasteiger partial charge in [-0.25, -0.2) is 0 Å². The largest absolute Gasteiger partial charge is 0.325 e. The summed E-state index contributed by atoms with van der Waals surface area (Å²) in [6.07, 6.45) is 1.17. The summed E-state index contributed by atoms with van der Waals surface area (Å²) < 4.78 is 0. The van der Waals surface area contributed by atoms with E-state index in [0.717, 1.165) is 23.2 Å². The minimum Gasteiger partial charge on any atom is -0.325 e. The number of anilines is 1. The van der Waals surface area contributed by atoms with Crippen LogP contribution >= 0.6 is 11.8 Å². The van der Waals surface area contributed by atoms with Crippen LogP contribution in [0.5, 0.6) is 0 Å². The second kappa shape index (κ2) is 9.44. The van der Waals surface area contributed by atoms with Gasteiger partial charge in [0, 0.05) is 18.0 Å². The van der Waals surface area contributed by atoms with Crippen LogP contribution in [0.4, 0.5) is 5.69 Å². The second-order valence-electron chi connectivity index (χ2n) is 6.96. The molecule has 0 saturated carbocycles. The Bertz CT molecular complexity index is 973. The van der Waals surface area contributed by atoms with E-state index in [4.69, 9.17) is 0 Å². The molecular formula is C23H23N3O2S. The van der Waals surface area contributed by atoms with Crippen LogP contribution in [0.3, 0.4) is 0 Å². The maximum Gasteiger partial charge on any atom is 0.234 e. The molecule has 1 aliphatic rings. The zero-order chi connectivity index (χ0) is 20.8. The quantitative estimate of drug-likeness (QED) is 0.752. The van der Waals surface area contributed by atoms with Crippen LogP contribution in [0, 0.1) is 18.3 Å². The molecule has 2 aromatic rings. The monoisotopic (exact) mass is 405 g/mol. The maximum atomic E-state index is 12.3. The van der Waals surface area contributed by atoms with Crippen LogP contribution in [-0.2, 0) is 16.0 Å². The first kappa shape index (κ1) is 20.7. The standard InChI is InChI=1S/C23H23N3O2S/c1-3-16-6-10-18(11-7-16)25-22(28)14-29-23-20(13-24)19(12-21(27)26-23)17-8-4-15(2)5-9-17/h4-11,19H,3,12,14H2,1-2H3,(H,25,28)(H,26,27)/t19-/m0/s1. The molecule has 1 aliphatic heterocycles. The molecule has 1 atom stereocenters. The Morgan fingerprint density at radius 2 is 1.90 bits per heavy atom. The lowest BCUT2D eigenvalue weighted by atomic mass is 9.87. The Morgan fingerprint density at radius 3 is 2.52 bits per heavy atom. The zero-order valence-electron chi connectivity index (χ0n) is 16.5. The van der Waals surface area contributed by atoms with E-state index >= 15 is 0 Å². The number of hydrogen-bond donors (Lipinski definition) is 2. The van der Waals surface area contributed by atoms with Crippen molar-refractivity contribution in [3.63, 3.8) is 0 Å². The third-order valence-electron chi connectivity index (χ3n) is 4.83. The summed E-state index contributed by atoms with van der Waals surface area (Å²) in [7, 11) is 0. The Kier molecular flexibility index (Phi) is 6.73. The van der Waals surface area contributed by atoms with Gasteiger partial charge in [-0.1, -0.05) is 60.6 Å². The highest BCUT2D eigenvalue weighted by Gasteiger charge is 2.29. The number of aryl methyl sites for hydroxylation is 2. The predicted molar refractivity (Wildman–Crippen MR) is 116 cm³/mol. The fourth-order valence-electron chi connectivity index (χ4n) is 3.18. The number of nitrogens with one attached hydrogen (secondary N) is 2. The van der Waals surface area contributed by atoms with Gasteiger partial charge in [-0.3, -0.25) is 9.59 Å². The third kappa shape index (κ3) is 5.27. The lowest BCUT2D eigenvalue weighted by Gasteiger charge is -2.25. The Morgan fingerprint density at radius 1 is 1.21 bits per heavy atom. The fourth-order valence-corrected chi connectivity index (χ4v) is 4.05. The molecule has 0 saturated heterocycles. The van der Waals surface area contributed by atoms with Crippen molar-refractivity contribution >= 4 is 29.3 Å². The number of amides is 2. The molecule has 29 heavy (non-hydrogen) atoms. The number of carbonyl (C=O) groups is 2. The van der Waals surface area contributed by atoms with E-state index in [1.807, 2.05) is 55.5 Å². The summed E-state index contributed by atoms with van der Waals surface area (Å²) >= 11 is 1.18. The Balaban J connectivity index is 1.71. The molecule has 0 fully saturated rings. The van der Waals surface area contributed by atoms with E-state index < -0.39 is 0 Å². The summed E-state index contributed by atoms with van der Waals surface area (Å²) in [6.45, 7) is 4.07. The molecule has 0 unspecified atom stereocenters. The minimum absolute atomic E-state index is 0.108. The Hall–Kier alpha value is -3.04. The molecule has 0 aliphatic carbocycles. The second-order valence-corrected chi connectivity index (χ2v) is 7.94. The van der Waals surface area contributed by atoms with E-state index in [-0.39, 0.29) is 29.9 Å². The number of carbonyl (C=O) groups excluding carboxylic acids is 2. The molecule has 0 bridgehead atoms. The molecule has 5 nitrogen and oxygen atoms in total. The average molecular weight is 406 g/mol. The first-order valence-corrected chi connectivity index (χ1v) is 10.5. The molecular weight excluding hydrogens is 382 g/mol. The van der Waals surface area contributed by atoms with Gasteiger partial charge in [0.25, 0.3) is 0 Å². The van der Waals surface area contributed by atoms with Gasteiger partial charge in [0.05, 0.1) is 22.4 Å². The van der Waals surface area contributed by atoms with E-state index in [1.165, 1.54) is 17.3 Å². The van der Waals surface area contributed by atoms with Crippen LogP contribution in [0.25, 0.3) is 0 Å². The number of benzene rings is 2. The van der Waals surface area contributed by atoms with Crippen molar-refractivity contribution in [1.29, 1.82) is 5.26 Å². The number of thioether (sulfide) groups is 1. The topological polar surface area (TPSA) is 82.0 Å². The third-order valence-corrected chi connectivity index (χ3v) is 5.85. The van der Waals surface area contributed by atoms with Crippen molar-refractivity contribution in [3.8, 4) is 6.07 Å². The van der Waals surface area contributed by atoms with Crippen molar-refractivity contribution in [2.45, 2.75) is 32.6 Å². The van der Waals surface area contributed by atoms with Gasteiger partial charge in [0.15, 0.2) is 0 Å². The Labute approximate surface area is 175 Å². The van der Waals surface area contributed by atoms with Crippen molar-refractivity contribution in [2.75, 3.05) is 11.1 Å². The summed E-state index contributed by atoms with van der Waals surface area (Å²) in [5.41, 5.74) is 4.48.